The highest BCUT2D eigenvalue weighted by Crippen LogP contribution is 2.24. The van der Waals surface area contributed by atoms with Crippen LogP contribution in [0.4, 0.5) is 10.1 Å². The predicted octanol–water partition coefficient (Wildman–Crippen LogP) is 4.52. The Bertz CT molecular complexity index is 611. The molecule has 1 aromatic carbocycles. The van der Waals surface area contributed by atoms with E-state index in [2.05, 4.69) is 10.4 Å². The van der Waals surface area contributed by atoms with Gasteiger partial charge in [0.1, 0.15) is 5.82 Å². The van der Waals surface area contributed by atoms with Gasteiger partial charge in [-0.25, -0.2) is 4.39 Å². The number of aromatic nitrogens is 2. The van der Waals surface area contributed by atoms with Gasteiger partial charge in [-0.05, 0) is 31.5 Å². The van der Waals surface area contributed by atoms with E-state index in [-0.39, 0.29) is 5.82 Å². The standard InChI is InChI=1S/C14H16Cl2FN3/c1-3-11-14(16)13(20(4-2)19-11)8-18-12-7-9(15)5-6-10(12)17/h5-7,18H,3-4,8H2,1-2H3. The van der Waals surface area contributed by atoms with Gasteiger partial charge in [-0.15, -0.1) is 0 Å². The third-order valence-corrected chi connectivity index (χ3v) is 3.74. The second-order valence-corrected chi connectivity index (χ2v) is 5.17. The monoisotopic (exact) mass is 315 g/mol. The van der Waals surface area contributed by atoms with Crippen molar-refractivity contribution in [1.82, 2.24) is 9.78 Å². The molecule has 108 valence electrons. The van der Waals surface area contributed by atoms with Gasteiger partial charge in [-0.2, -0.15) is 5.10 Å². The lowest BCUT2D eigenvalue weighted by Gasteiger charge is -2.10. The summed E-state index contributed by atoms with van der Waals surface area (Å²) in [5, 5.41) is 8.57. The van der Waals surface area contributed by atoms with Gasteiger partial charge in [0.05, 0.1) is 28.6 Å². The first-order valence-corrected chi connectivity index (χ1v) is 7.25. The number of hydrogen-bond acceptors (Lipinski definition) is 2. The largest absolute Gasteiger partial charge is 0.377 e. The number of benzene rings is 1. The highest BCUT2D eigenvalue weighted by molar-refractivity contribution is 6.32. The first-order chi connectivity index (χ1) is 9.56. The number of aryl methyl sites for hydroxylation is 2. The van der Waals surface area contributed by atoms with Crippen LogP contribution in [0.1, 0.15) is 25.2 Å². The van der Waals surface area contributed by atoms with Crippen LogP contribution in [0.5, 0.6) is 0 Å². The fourth-order valence-corrected chi connectivity index (χ4v) is 2.51. The first-order valence-electron chi connectivity index (χ1n) is 6.49. The minimum atomic E-state index is -0.344. The fraction of sp³-hybridized carbons (Fsp3) is 0.357. The van der Waals surface area contributed by atoms with Crippen molar-refractivity contribution in [1.29, 1.82) is 0 Å². The van der Waals surface area contributed by atoms with Crippen LogP contribution in [0.2, 0.25) is 10.0 Å². The van der Waals surface area contributed by atoms with Gasteiger partial charge < -0.3 is 5.32 Å². The fourth-order valence-electron chi connectivity index (χ4n) is 2.00. The number of nitrogens with one attached hydrogen (secondary N) is 1. The summed E-state index contributed by atoms with van der Waals surface area (Å²) < 4.78 is 15.5. The van der Waals surface area contributed by atoms with Gasteiger partial charge in [0.25, 0.3) is 0 Å². The van der Waals surface area contributed by atoms with Gasteiger partial charge in [-0.3, -0.25) is 4.68 Å². The van der Waals surface area contributed by atoms with E-state index in [0.29, 0.717) is 22.3 Å². The summed E-state index contributed by atoms with van der Waals surface area (Å²) in [4.78, 5) is 0. The summed E-state index contributed by atoms with van der Waals surface area (Å²) in [6, 6.07) is 4.40. The van der Waals surface area contributed by atoms with Crippen LogP contribution < -0.4 is 5.32 Å². The van der Waals surface area contributed by atoms with E-state index in [0.717, 1.165) is 24.4 Å². The number of hydrogen-bond donors (Lipinski definition) is 1. The average molecular weight is 316 g/mol. The molecule has 6 heteroatoms. The van der Waals surface area contributed by atoms with Crippen molar-refractivity contribution in [2.24, 2.45) is 0 Å². The highest BCUT2D eigenvalue weighted by Gasteiger charge is 2.14. The van der Waals surface area contributed by atoms with Crippen molar-refractivity contribution in [2.75, 3.05) is 5.32 Å². The Morgan fingerprint density at radius 2 is 2.05 bits per heavy atom. The summed E-state index contributed by atoms with van der Waals surface area (Å²) in [6.45, 7) is 5.11. The van der Waals surface area contributed by atoms with Crippen LogP contribution >= 0.6 is 23.2 Å². The Morgan fingerprint density at radius 1 is 1.30 bits per heavy atom. The Morgan fingerprint density at radius 3 is 2.70 bits per heavy atom. The van der Waals surface area contributed by atoms with Crippen molar-refractivity contribution in [2.45, 2.75) is 33.4 Å². The molecule has 2 aromatic rings. The van der Waals surface area contributed by atoms with Gasteiger partial charge >= 0.3 is 0 Å². The lowest BCUT2D eigenvalue weighted by molar-refractivity contribution is 0.614. The zero-order valence-corrected chi connectivity index (χ0v) is 12.9. The summed E-state index contributed by atoms with van der Waals surface area (Å²) in [5.41, 5.74) is 2.07. The van der Waals surface area contributed by atoms with E-state index in [1.54, 1.807) is 6.07 Å². The molecule has 0 bridgehead atoms. The molecule has 0 aliphatic rings. The lowest BCUT2D eigenvalue weighted by Crippen LogP contribution is -2.09. The SMILES string of the molecule is CCc1nn(CC)c(CNc2cc(Cl)ccc2F)c1Cl. The molecule has 0 amide bonds. The van der Waals surface area contributed by atoms with Crippen LogP contribution in [0, 0.1) is 5.82 Å². The Labute approximate surface area is 127 Å². The van der Waals surface area contributed by atoms with Crippen molar-refractivity contribution < 1.29 is 4.39 Å². The number of nitrogens with zero attached hydrogens (tertiary/aromatic N) is 2. The summed E-state index contributed by atoms with van der Waals surface area (Å²) in [5.74, 6) is -0.344. The molecular weight excluding hydrogens is 300 g/mol. The van der Waals surface area contributed by atoms with Crippen molar-refractivity contribution in [3.8, 4) is 0 Å². The molecule has 1 N–H and O–H groups in total. The van der Waals surface area contributed by atoms with Gasteiger partial charge in [-0.1, -0.05) is 30.1 Å². The van der Waals surface area contributed by atoms with Crippen LogP contribution in [0.3, 0.4) is 0 Å². The molecule has 0 aliphatic carbocycles. The van der Waals surface area contributed by atoms with Gasteiger partial charge in [0.15, 0.2) is 0 Å². The second-order valence-electron chi connectivity index (χ2n) is 4.35. The molecule has 1 heterocycles. The zero-order valence-electron chi connectivity index (χ0n) is 11.4. The molecule has 1 aromatic heterocycles. The molecule has 0 fully saturated rings. The number of halogens is 3. The second kappa shape index (κ2) is 6.46. The van der Waals surface area contributed by atoms with Crippen LogP contribution in [0.15, 0.2) is 18.2 Å². The van der Waals surface area contributed by atoms with E-state index < -0.39 is 0 Å². The molecule has 0 atom stereocenters. The van der Waals surface area contributed by atoms with Gasteiger partial charge in [0, 0.05) is 11.6 Å². The molecule has 2 rings (SSSR count). The van der Waals surface area contributed by atoms with Crippen LogP contribution in [-0.4, -0.2) is 9.78 Å². The maximum atomic E-state index is 13.7. The molecule has 0 radical (unpaired) electrons. The van der Waals surface area contributed by atoms with E-state index >= 15 is 0 Å². The first kappa shape index (κ1) is 15.1. The van der Waals surface area contributed by atoms with Crippen molar-refractivity contribution in [3.63, 3.8) is 0 Å². The maximum Gasteiger partial charge on any atom is 0.146 e. The van der Waals surface area contributed by atoms with E-state index in [9.17, 15) is 4.39 Å². The number of rotatable bonds is 5. The molecular formula is C14H16Cl2FN3. The van der Waals surface area contributed by atoms with Crippen LogP contribution in [0.25, 0.3) is 0 Å². The van der Waals surface area contributed by atoms with E-state index in [1.807, 2.05) is 18.5 Å². The quantitative estimate of drug-likeness (QED) is 0.879. The molecule has 0 saturated heterocycles. The topological polar surface area (TPSA) is 29.9 Å². The predicted molar refractivity (Wildman–Crippen MR) is 81.0 cm³/mol. The summed E-state index contributed by atoms with van der Waals surface area (Å²) >= 11 is 12.2. The Balaban J connectivity index is 2.22. The lowest BCUT2D eigenvalue weighted by atomic mass is 10.2. The minimum absolute atomic E-state index is 0.344. The van der Waals surface area contributed by atoms with Crippen molar-refractivity contribution in [3.05, 3.63) is 45.4 Å². The molecule has 3 nitrogen and oxygen atoms in total. The molecule has 0 spiro atoms. The minimum Gasteiger partial charge on any atom is -0.377 e. The summed E-state index contributed by atoms with van der Waals surface area (Å²) in [6.07, 6.45) is 0.768. The molecule has 0 saturated carbocycles. The Hall–Kier alpha value is -1.26. The van der Waals surface area contributed by atoms with Crippen LogP contribution in [-0.2, 0) is 19.5 Å². The third-order valence-electron chi connectivity index (χ3n) is 3.07. The highest BCUT2D eigenvalue weighted by atomic mass is 35.5. The van der Waals surface area contributed by atoms with Crippen molar-refractivity contribution >= 4 is 28.9 Å². The smallest absolute Gasteiger partial charge is 0.146 e. The zero-order chi connectivity index (χ0) is 14.7. The third kappa shape index (κ3) is 3.07. The molecule has 20 heavy (non-hydrogen) atoms. The molecule has 0 unspecified atom stereocenters. The normalized spacial score (nSPS) is 10.8. The summed E-state index contributed by atoms with van der Waals surface area (Å²) in [7, 11) is 0. The van der Waals surface area contributed by atoms with E-state index in [4.69, 9.17) is 23.2 Å². The average Bonchev–Trinajstić information content (AvgIpc) is 2.75. The molecule has 0 aliphatic heterocycles. The number of anilines is 1. The maximum absolute atomic E-state index is 13.7. The van der Waals surface area contributed by atoms with E-state index in [1.165, 1.54) is 12.1 Å². The van der Waals surface area contributed by atoms with Gasteiger partial charge in [0.2, 0.25) is 0 Å². The Kier molecular flexibility index (Phi) is 4.89.